The third kappa shape index (κ3) is 7.29. The van der Waals surface area contributed by atoms with Crippen LogP contribution < -0.4 is 0 Å². The molecular weight excluding hydrogens is 488 g/mol. The molecule has 0 aromatic carbocycles. The fourth-order valence-electron chi connectivity index (χ4n) is 10.2. The van der Waals surface area contributed by atoms with Crippen LogP contribution in [0, 0.1) is 46.3 Å². The summed E-state index contributed by atoms with van der Waals surface area (Å²) in [5.41, 5.74) is 2.49. The Kier molecular flexibility index (Phi) is 11.5. The van der Waals surface area contributed by atoms with E-state index in [9.17, 15) is 4.79 Å². The van der Waals surface area contributed by atoms with Crippen molar-refractivity contribution in [3.8, 4) is 0 Å². The van der Waals surface area contributed by atoms with Crippen LogP contribution in [0.25, 0.3) is 0 Å². The topological polar surface area (TPSA) is 26.3 Å². The smallest absolute Gasteiger partial charge is 0.330 e. The number of ether oxygens (including phenoxy) is 1. The van der Waals surface area contributed by atoms with Gasteiger partial charge in [-0.3, -0.25) is 0 Å². The third-order valence-electron chi connectivity index (χ3n) is 12.5. The fraction of sp³-hybridized carbons (Fsp3) is 0.868. The van der Waals surface area contributed by atoms with Crippen molar-refractivity contribution in [1.29, 1.82) is 0 Å². The highest BCUT2D eigenvalue weighted by Gasteiger charge is 2.59. The van der Waals surface area contributed by atoms with Crippen LogP contribution in [0.5, 0.6) is 0 Å². The number of carbonyl (C=O) groups is 1. The molecular formula is C38H64O2. The number of esters is 1. The summed E-state index contributed by atoms with van der Waals surface area (Å²) in [5, 5.41) is 0. The summed E-state index contributed by atoms with van der Waals surface area (Å²) in [6, 6.07) is 0. The number of fused-ring (bicyclic) bond motifs is 5. The predicted molar refractivity (Wildman–Crippen MR) is 170 cm³/mol. The summed E-state index contributed by atoms with van der Waals surface area (Å²) in [6.45, 7) is 14.9. The van der Waals surface area contributed by atoms with Crippen LogP contribution in [0.4, 0.5) is 0 Å². The van der Waals surface area contributed by atoms with Gasteiger partial charge in [0.2, 0.25) is 0 Å². The Hall–Kier alpha value is -1.05. The molecule has 0 radical (unpaired) electrons. The van der Waals surface area contributed by atoms with Crippen LogP contribution in [-0.4, -0.2) is 12.1 Å². The molecule has 0 aromatic rings. The van der Waals surface area contributed by atoms with Crippen molar-refractivity contribution in [1.82, 2.24) is 0 Å². The first-order chi connectivity index (χ1) is 19.2. The summed E-state index contributed by atoms with van der Waals surface area (Å²) in [5.74, 6) is 5.11. The summed E-state index contributed by atoms with van der Waals surface area (Å²) in [4.78, 5) is 12.6. The van der Waals surface area contributed by atoms with Gasteiger partial charge in [-0.25, -0.2) is 4.79 Å². The van der Waals surface area contributed by atoms with E-state index in [1.54, 1.807) is 11.6 Å². The molecule has 40 heavy (non-hydrogen) atoms. The lowest BCUT2D eigenvalue weighted by molar-refractivity contribution is -0.145. The minimum Gasteiger partial charge on any atom is -0.459 e. The van der Waals surface area contributed by atoms with Crippen molar-refractivity contribution in [2.45, 2.75) is 163 Å². The number of hydrogen-bond acceptors (Lipinski definition) is 2. The second-order valence-corrected chi connectivity index (χ2v) is 15.6. The minimum atomic E-state index is -0.123. The highest BCUT2D eigenvalue weighted by molar-refractivity contribution is 5.82. The molecule has 8 atom stereocenters. The van der Waals surface area contributed by atoms with Crippen molar-refractivity contribution in [2.24, 2.45) is 46.3 Å². The second kappa shape index (κ2) is 14.4. The Morgan fingerprint density at radius 1 is 0.950 bits per heavy atom. The van der Waals surface area contributed by atoms with Crippen LogP contribution in [0.3, 0.4) is 0 Å². The van der Waals surface area contributed by atoms with E-state index in [1.807, 2.05) is 6.08 Å². The highest BCUT2D eigenvalue weighted by atomic mass is 16.5. The van der Waals surface area contributed by atoms with Gasteiger partial charge in [0.05, 0.1) is 0 Å². The van der Waals surface area contributed by atoms with Crippen LogP contribution in [0.15, 0.2) is 23.8 Å². The summed E-state index contributed by atoms with van der Waals surface area (Å²) < 4.78 is 5.99. The monoisotopic (exact) mass is 552 g/mol. The molecule has 3 saturated carbocycles. The number of carbonyl (C=O) groups excluding carboxylic acids is 1. The largest absolute Gasteiger partial charge is 0.459 e. The lowest BCUT2D eigenvalue weighted by atomic mass is 9.47. The first-order valence-electron chi connectivity index (χ1n) is 17.8. The molecule has 4 aliphatic carbocycles. The molecule has 228 valence electrons. The maximum absolute atomic E-state index is 12.6. The molecule has 0 amide bonds. The highest BCUT2D eigenvalue weighted by Crippen LogP contribution is 2.67. The minimum absolute atomic E-state index is 0.0680. The summed E-state index contributed by atoms with van der Waals surface area (Å²) in [6.07, 6.45) is 29.6. The quantitative estimate of drug-likeness (QED) is 0.0927. The van der Waals surface area contributed by atoms with Gasteiger partial charge in [-0.15, -0.1) is 0 Å². The van der Waals surface area contributed by atoms with Crippen molar-refractivity contribution in [2.75, 3.05) is 0 Å². The van der Waals surface area contributed by atoms with Gasteiger partial charge < -0.3 is 4.74 Å². The molecule has 3 fully saturated rings. The van der Waals surface area contributed by atoms with E-state index in [0.29, 0.717) is 10.8 Å². The van der Waals surface area contributed by atoms with E-state index in [0.717, 1.165) is 54.8 Å². The molecule has 4 aliphatic rings. The standard InChI is InChI=1S/C38H64O2/c1-7-8-9-10-11-12-13-14-18-36(39)40-31-23-25-37(5)30(27-31)19-20-32-34-22-21-33(29(4)17-15-16-28(2)3)38(34,6)26-24-35(32)37/h14,18-19,28-29,31-35H,7-13,15-17,20-27H2,1-6H3/t29-,31?,32+,33-,34+,35+,37+,38-/m1/s1. The predicted octanol–water partition coefficient (Wildman–Crippen LogP) is 11.2. The summed E-state index contributed by atoms with van der Waals surface area (Å²) >= 11 is 0. The van der Waals surface area contributed by atoms with Crippen molar-refractivity contribution in [3.05, 3.63) is 23.8 Å². The van der Waals surface area contributed by atoms with E-state index in [1.165, 1.54) is 96.3 Å². The van der Waals surface area contributed by atoms with Crippen molar-refractivity contribution >= 4 is 5.97 Å². The molecule has 0 heterocycles. The third-order valence-corrected chi connectivity index (χ3v) is 12.5. The number of hydrogen-bond donors (Lipinski definition) is 0. The Labute approximate surface area is 248 Å². The molecule has 0 aromatic heterocycles. The maximum Gasteiger partial charge on any atom is 0.330 e. The normalized spacial score (nSPS) is 36.2. The van der Waals surface area contributed by atoms with Crippen molar-refractivity contribution in [3.63, 3.8) is 0 Å². The maximum atomic E-state index is 12.6. The van der Waals surface area contributed by atoms with Gasteiger partial charge >= 0.3 is 5.97 Å². The van der Waals surface area contributed by atoms with Gasteiger partial charge in [0.1, 0.15) is 6.10 Å². The molecule has 0 aliphatic heterocycles. The first-order valence-corrected chi connectivity index (χ1v) is 17.8. The van der Waals surface area contributed by atoms with Crippen LogP contribution in [0.2, 0.25) is 0 Å². The number of unbranched alkanes of at least 4 members (excludes halogenated alkanes) is 6. The lowest BCUT2D eigenvalue weighted by Crippen LogP contribution is -2.51. The SMILES string of the molecule is CCCCCCCCC=CC(=O)OC1CC[C@@]2(C)C(=CC[C@H]3[C@@H]4CC[C@H]([C@H](C)CCCC(C)C)[C@@]4(C)CC[C@@H]32)C1. The van der Waals surface area contributed by atoms with Gasteiger partial charge in [0, 0.05) is 12.5 Å². The molecule has 0 spiro atoms. The van der Waals surface area contributed by atoms with Crippen LogP contribution in [-0.2, 0) is 9.53 Å². The Bertz CT molecular complexity index is 869. The molecule has 4 rings (SSSR count). The summed E-state index contributed by atoms with van der Waals surface area (Å²) in [7, 11) is 0. The fourth-order valence-corrected chi connectivity index (χ4v) is 10.2. The van der Waals surface area contributed by atoms with Crippen LogP contribution in [0.1, 0.15) is 157 Å². The van der Waals surface area contributed by atoms with Gasteiger partial charge in [-0.2, -0.15) is 0 Å². The Morgan fingerprint density at radius 3 is 2.50 bits per heavy atom. The zero-order valence-electron chi connectivity index (χ0n) is 27.3. The van der Waals surface area contributed by atoms with E-state index < -0.39 is 0 Å². The molecule has 1 unspecified atom stereocenters. The van der Waals surface area contributed by atoms with E-state index in [4.69, 9.17) is 4.74 Å². The molecule has 0 saturated heterocycles. The first kappa shape index (κ1) is 31.9. The average molecular weight is 553 g/mol. The zero-order chi connectivity index (χ0) is 28.8. The zero-order valence-corrected chi connectivity index (χ0v) is 27.3. The number of rotatable bonds is 14. The lowest BCUT2D eigenvalue weighted by Gasteiger charge is -2.58. The average Bonchev–Trinajstić information content (AvgIpc) is 3.27. The van der Waals surface area contributed by atoms with E-state index >= 15 is 0 Å². The van der Waals surface area contributed by atoms with Gasteiger partial charge in [-0.1, -0.05) is 111 Å². The van der Waals surface area contributed by atoms with E-state index in [2.05, 4.69) is 47.6 Å². The van der Waals surface area contributed by atoms with Gasteiger partial charge in [0.25, 0.3) is 0 Å². The second-order valence-electron chi connectivity index (χ2n) is 15.6. The van der Waals surface area contributed by atoms with E-state index in [-0.39, 0.29) is 12.1 Å². The van der Waals surface area contributed by atoms with Crippen LogP contribution >= 0.6 is 0 Å². The van der Waals surface area contributed by atoms with Gasteiger partial charge in [-0.05, 0) is 104 Å². The molecule has 2 heteroatoms. The Morgan fingerprint density at radius 2 is 1.73 bits per heavy atom. The number of allylic oxidation sites excluding steroid dienone is 2. The van der Waals surface area contributed by atoms with Gasteiger partial charge in [0.15, 0.2) is 0 Å². The molecule has 2 nitrogen and oxygen atoms in total. The molecule has 0 N–H and O–H groups in total. The molecule has 0 bridgehead atoms. The Balaban J connectivity index is 1.29. The van der Waals surface area contributed by atoms with Crippen molar-refractivity contribution < 1.29 is 9.53 Å².